The number of aliphatic hydroxyl groups is 1. The molecule has 1 N–H and O–H groups in total. The molecule has 3 aromatic rings. The zero-order valence-electron chi connectivity index (χ0n) is 20.2. The van der Waals surface area contributed by atoms with Gasteiger partial charge in [0.15, 0.2) is 11.5 Å². The number of ketones is 1. The molecule has 0 saturated carbocycles. The van der Waals surface area contributed by atoms with E-state index in [0.29, 0.717) is 41.5 Å². The van der Waals surface area contributed by atoms with Crippen molar-refractivity contribution in [2.75, 3.05) is 18.6 Å². The van der Waals surface area contributed by atoms with Gasteiger partial charge in [-0.2, -0.15) is 0 Å². The summed E-state index contributed by atoms with van der Waals surface area (Å²) >= 11 is 0. The molecule has 1 saturated heterocycles. The summed E-state index contributed by atoms with van der Waals surface area (Å²) in [6, 6.07) is 14.7. The molecule has 0 aliphatic carbocycles. The van der Waals surface area contributed by atoms with E-state index in [4.69, 9.17) is 14.2 Å². The lowest BCUT2D eigenvalue weighted by Crippen LogP contribution is -2.30. The van der Waals surface area contributed by atoms with Crippen LogP contribution in [0.1, 0.15) is 36.6 Å². The van der Waals surface area contributed by atoms with E-state index in [-0.39, 0.29) is 17.4 Å². The SMILES string of the molecule is CCOc1ccc(C2/C(=C(\O)c3ccc4c(c3)CC(C)O4)C(=O)C(=O)N2c2ccccn2)cc1OC. The van der Waals surface area contributed by atoms with Gasteiger partial charge in [-0.1, -0.05) is 12.1 Å². The average Bonchev–Trinajstić information content (AvgIpc) is 3.39. The summed E-state index contributed by atoms with van der Waals surface area (Å²) in [6.07, 6.45) is 2.27. The summed E-state index contributed by atoms with van der Waals surface area (Å²) in [6.45, 7) is 4.28. The van der Waals surface area contributed by atoms with Crippen LogP contribution in [0.25, 0.3) is 5.76 Å². The number of anilines is 1. The van der Waals surface area contributed by atoms with Crippen molar-refractivity contribution in [2.45, 2.75) is 32.4 Å². The predicted molar refractivity (Wildman–Crippen MR) is 133 cm³/mol. The molecule has 2 unspecified atom stereocenters. The molecule has 8 heteroatoms. The van der Waals surface area contributed by atoms with E-state index < -0.39 is 17.7 Å². The van der Waals surface area contributed by atoms with Crippen LogP contribution in [0.15, 0.2) is 66.4 Å². The topological polar surface area (TPSA) is 98.2 Å². The molecule has 2 aliphatic heterocycles. The number of hydrogen-bond donors (Lipinski definition) is 1. The van der Waals surface area contributed by atoms with Gasteiger partial charge < -0.3 is 19.3 Å². The third kappa shape index (κ3) is 3.94. The Bertz CT molecular complexity index is 1370. The Kier molecular flexibility index (Phi) is 6.10. The number of fused-ring (bicyclic) bond motifs is 1. The normalized spacial score (nSPS) is 20.2. The largest absolute Gasteiger partial charge is 0.507 e. The maximum Gasteiger partial charge on any atom is 0.301 e. The van der Waals surface area contributed by atoms with Crippen LogP contribution in [0.2, 0.25) is 0 Å². The number of methoxy groups -OCH3 is 1. The molecule has 184 valence electrons. The van der Waals surface area contributed by atoms with E-state index >= 15 is 0 Å². The van der Waals surface area contributed by atoms with Gasteiger partial charge in [0.25, 0.3) is 5.78 Å². The van der Waals surface area contributed by atoms with Gasteiger partial charge in [0.05, 0.1) is 25.3 Å². The number of aromatic nitrogens is 1. The summed E-state index contributed by atoms with van der Waals surface area (Å²) in [5.74, 6) is 0.212. The molecule has 1 amide bonds. The third-order valence-electron chi connectivity index (χ3n) is 6.31. The summed E-state index contributed by atoms with van der Waals surface area (Å²) in [4.78, 5) is 32.3. The highest BCUT2D eigenvalue weighted by molar-refractivity contribution is 6.51. The zero-order valence-corrected chi connectivity index (χ0v) is 20.2. The van der Waals surface area contributed by atoms with Crippen LogP contribution >= 0.6 is 0 Å². The number of benzene rings is 2. The second-order valence-corrected chi connectivity index (χ2v) is 8.66. The number of pyridine rings is 1. The standard InChI is InChI=1S/C28H26N2O6/c1-4-35-21-11-8-17(15-22(21)34-3)25-24(27(32)28(33)30(25)23-7-5-6-12-29-23)26(31)18-9-10-20-19(14-18)13-16(2)36-20/h5-12,14-16,25,31H,4,13H2,1-3H3/b26-24+. The van der Waals surface area contributed by atoms with Crippen molar-refractivity contribution in [1.82, 2.24) is 4.98 Å². The lowest BCUT2D eigenvalue weighted by atomic mass is 9.94. The van der Waals surface area contributed by atoms with Crippen molar-refractivity contribution in [3.05, 3.63) is 83.1 Å². The maximum absolute atomic E-state index is 13.4. The fraction of sp³-hybridized carbons (Fsp3) is 0.250. The molecular formula is C28H26N2O6. The van der Waals surface area contributed by atoms with Crippen LogP contribution in [-0.4, -0.2) is 41.6 Å². The number of Topliss-reactive ketones (excluding diaryl/α,β-unsaturated/α-hetero) is 1. The summed E-state index contributed by atoms with van der Waals surface area (Å²) < 4.78 is 16.9. The number of carbonyl (C=O) groups excluding carboxylic acids is 2. The smallest absolute Gasteiger partial charge is 0.301 e. The van der Waals surface area contributed by atoms with Crippen LogP contribution in [0.5, 0.6) is 17.2 Å². The molecule has 1 aromatic heterocycles. The predicted octanol–water partition coefficient (Wildman–Crippen LogP) is 4.44. The van der Waals surface area contributed by atoms with Crippen LogP contribution in [-0.2, 0) is 16.0 Å². The van der Waals surface area contributed by atoms with E-state index in [1.807, 2.05) is 13.8 Å². The monoisotopic (exact) mass is 486 g/mol. The molecule has 2 atom stereocenters. The molecule has 0 spiro atoms. The molecule has 0 radical (unpaired) electrons. The van der Waals surface area contributed by atoms with Crippen LogP contribution in [0.3, 0.4) is 0 Å². The second-order valence-electron chi connectivity index (χ2n) is 8.66. The molecule has 0 bridgehead atoms. The highest BCUT2D eigenvalue weighted by Gasteiger charge is 2.47. The van der Waals surface area contributed by atoms with Gasteiger partial charge in [0.2, 0.25) is 0 Å². The molecule has 8 nitrogen and oxygen atoms in total. The number of ether oxygens (including phenoxy) is 3. The van der Waals surface area contributed by atoms with Gasteiger partial charge >= 0.3 is 5.91 Å². The molecular weight excluding hydrogens is 460 g/mol. The zero-order chi connectivity index (χ0) is 25.4. The Morgan fingerprint density at radius 1 is 1.14 bits per heavy atom. The van der Waals surface area contributed by atoms with Crippen molar-refractivity contribution >= 4 is 23.3 Å². The first kappa shape index (κ1) is 23.4. The molecule has 2 aliphatic rings. The van der Waals surface area contributed by atoms with Gasteiger partial charge in [-0.3, -0.25) is 14.5 Å². The fourth-order valence-electron chi connectivity index (χ4n) is 4.73. The average molecular weight is 487 g/mol. The Morgan fingerprint density at radius 3 is 2.69 bits per heavy atom. The van der Waals surface area contributed by atoms with Crippen LogP contribution < -0.4 is 19.1 Å². The van der Waals surface area contributed by atoms with Crippen molar-refractivity contribution in [3.8, 4) is 17.2 Å². The van der Waals surface area contributed by atoms with E-state index in [1.165, 1.54) is 12.0 Å². The first-order chi connectivity index (χ1) is 17.4. The van der Waals surface area contributed by atoms with Gasteiger partial charge in [0.1, 0.15) is 23.4 Å². The number of amides is 1. The number of carbonyl (C=O) groups is 2. The van der Waals surface area contributed by atoms with Gasteiger partial charge in [-0.05, 0) is 67.4 Å². The number of aliphatic hydroxyl groups excluding tert-OH is 1. The van der Waals surface area contributed by atoms with E-state index in [9.17, 15) is 14.7 Å². The molecule has 36 heavy (non-hydrogen) atoms. The van der Waals surface area contributed by atoms with E-state index in [2.05, 4.69) is 4.98 Å². The van der Waals surface area contributed by atoms with Crippen molar-refractivity contribution in [3.63, 3.8) is 0 Å². The highest BCUT2D eigenvalue weighted by atomic mass is 16.5. The molecule has 5 rings (SSSR count). The van der Waals surface area contributed by atoms with Gasteiger partial charge in [0, 0.05) is 18.2 Å². The minimum Gasteiger partial charge on any atom is -0.507 e. The third-order valence-corrected chi connectivity index (χ3v) is 6.31. The maximum atomic E-state index is 13.4. The second kappa shape index (κ2) is 9.37. The minimum absolute atomic E-state index is 0.0243. The van der Waals surface area contributed by atoms with E-state index in [1.54, 1.807) is 60.8 Å². The lowest BCUT2D eigenvalue weighted by Gasteiger charge is -2.25. The first-order valence-corrected chi connectivity index (χ1v) is 11.8. The van der Waals surface area contributed by atoms with E-state index in [0.717, 1.165) is 11.3 Å². The van der Waals surface area contributed by atoms with Gasteiger partial charge in [-0.15, -0.1) is 0 Å². The molecule has 3 heterocycles. The lowest BCUT2D eigenvalue weighted by molar-refractivity contribution is -0.132. The van der Waals surface area contributed by atoms with Crippen molar-refractivity contribution in [2.24, 2.45) is 0 Å². The fourth-order valence-corrected chi connectivity index (χ4v) is 4.73. The highest BCUT2D eigenvalue weighted by Crippen LogP contribution is 2.44. The van der Waals surface area contributed by atoms with Crippen LogP contribution in [0, 0.1) is 0 Å². The van der Waals surface area contributed by atoms with Crippen LogP contribution in [0.4, 0.5) is 5.82 Å². The van der Waals surface area contributed by atoms with Gasteiger partial charge in [-0.25, -0.2) is 4.98 Å². The number of rotatable bonds is 6. The molecule has 1 fully saturated rings. The number of hydrogen-bond acceptors (Lipinski definition) is 7. The molecule has 2 aromatic carbocycles. The van der Waals surface area contributed by atoms with Crippen molar-refractivity contribution < 1.29 is 28.9 Å². The number of nitrogens with zero attached hydrogens (tertiary/aromatic N) is 2. The van der Waals surface area contributed by atoms with Crippen molar-refractivity contribution in [1.29, 1.82) is 0 Å². The summed E-state index contributed by atoms with van der Waals surface area (Å²) in [7, 11) is 1.52. The first-order valence-electron chi connectivity index (χ1n) is 11.8. The Hall–Kier alpha value is -4.33. The quantitative estimate of drug-likeness (QED) is 0.313. The summed E-state index contributed by atoms with van der Waals surface area (Å²) in [5.41, 5.74) is 1.92. The Morgan fingerprint density at radius 2 is 1.97 bits per heavy atom. The minimum atomic E-state index is -0.923. The Balaban J connectivity index is 1.69. The summed E-state index contributed by atoms with van der Waals surface area (Å²) in [5, 5.41) is 11.4. The Labute approximate surface area is 208 Å².